The molecule has 1 aromatic rings. The Balaban J connectivity index is 0.000000438. The third kappa shape index (κ3) is 8.21. The van der Waals surface area contributed by atoms with Crippen LogP contribution < -0.4 is 0 Å². The molecule has 3 atom stereocenters. The second-order valence-corrected chi connectivity index (χ2v) is 6.30. The van der Waals surface area contributed by atoms with Crippen LogP contribution in [-0.4, -0.2) is 53.9 Å². The van der Waals surface area contributed by atoms with Crippen molar-refractivity contribution in [2.45, 2.75) is 44.4 Å². The van der Waals surface area contributed by atoms with Gasteiger partial charge in [-0.15, -0.1) is 6.58 Å². The van der Waals surface area contributed by atoms with Crippen LogP contribution in [0.3, 0.4) is 0 Å². The van der Waals surface area contributed by atoms with Crippen molar-refractivity contribution in [1.82, 2.24) is 4.90 Å². The van der Waals surface area contributed by atoms with Gasteiger partial charge in [0.15, 0.2) is 0 Å². The molecule has 0 aliphatic carbocycles. The standard InChI is InChI=1S/C9H10O3S.C6H15NO3/c1-2-8-12-13(10,11)9-6-4-3-5-7-9;1-4(8)7(5(2)9)6(3)10/h2-7H,1,8H2;4-6,8-10H,1-3H3. The highest BCUT2D eigenvalue weighted by Crippen LogP contribution is 2.10. The molecule has 0 spiro atoms. The average molecular weight is 347 g/mol. The topological polar surface area (TPSA) is 107 Å². The Hall–Kier alpha value is -1.29. The van der Waals surface area contributed by atoms with E-state index in [1.165, 1.54) is 43.9 Å². The first kappa shape index (κ1) is 21.7. The van der Waals surface area contributed by atoms with Crippen LogP contribution in [0.2, 0.25) is 0 Å². The number of hydrogen-bond donors (Lipinski definition) is 3. The molecule has 0 aliphatic heterocycles. The third-order valence-electron chi connectivity index (χ3n) is 2.67. The number of benzene rings is 1. The van der Waals surface area contributed by atoms with Gasteiger partial charge in [-0.05, 0) is 32.9 Å². The van der Waals surface area contributed by atoms with Gasteiger partial charge in [-0.3, -0.25) is 4.18 Å². The molecule has 23 heavy (non-hydrogen) atoms. The maximum atomic E-state index is 11.3. The zero-order valence-electron chi connectivity index (χ0n) is 13.5. The van der Waals surface area contributed by atoms with Crippen molar-refractivity contribution in [3.63, 3.8) is 0 Å². The minimum Gasteiger partial charge on any atom is -0.379 e. The number of hydrogen-bond acceptors (Lipinski definition) is 7. The smallest absolute Gasteiger partial charge is 0.297 e. The molecule has 1 rings (SSSR count). The lowest BCUT2D eigenvalue weighted by atomic mass is 10.4. The van der Waals surface area contributed by atoms with Crippen LogP contribution in [0.25, 0.3) is 0 Å². The van der Waals surface area contributed by atoms with Gasteiger partial charge in [0.05, 0.1) is 11.5 Å². The summed E-state index contributed by atoms with van der Waals surface area (Å²) < 4.78 is 27.3. The number of aliphatic hydroxyl groups excluding tert-OH is 3. The summed E-state index contributed by atoms with van der Waals surface area (Å²) in [6, 6.07) is 8.00. The monoisotopic (exact) mass is 347 g/mol. The molecule has 8 heteroatoms. The Morgan fingerprint density at radius 3 is 1.83 bits per heavy atom. The van der Waals surface area contributed by atoms with Crippen LogP contribution in [-0.2, 0) is 14.3 Å². The zero-order valence-corrected chi connectivity index (χ0v) is 14.3. The minimum atomic E-state index is -3.59. The van der Waals surface area contributed by atoms with Crippen LogP contribution in [0.1, 0.15) is 20.8 Å². The second kappa shape index (κ2) is 10.5. The fourth-order valence-corrected chi connectivity index (χ4v) is 2.63. The molecule has 3 N–H and O–H groups in total. The fraction of sp³-hybridized carbons (Fsp3) is 0.467. The summed E-state index contributed by atoms with van der Waals surface area (Å²) in [5.41, 5.74) is 0. The van der Waals surface area contributed by atoms with Crippen molar-refractivity contribution in [1.29, 1.82) is 0 Å². The van der Waals surface area contributed by atoms with E-state index >= 15 is 0 Å². The molecule has 0 heterocycles. The van der Waals surface area contributed by atoms with Crippen molar-refractivity contribution in [2.24, 2.45) is 0 Å². The molecule has 0 fully saturated rings. The van der Waals surface area contributed by atoms with E-state index in [0.717, 1.165) is 0 Å². The van der Waals surface area contributed by atoms with Gasteiger partial charge >= 0.3 is 0 Å². The minimum absolute atomic E-state index is 0.00275. The molecule has 132 valence electrons. The lowest BCUT2D eigenvalue weighted by molar-refractivity contribution is -0.159. The molecule has 0 aliphatic rings. The van der Waals surface area contributed by atoms with Crippen molar-refractivity contribution in [3.8, 4) is 0 Å². The third-order valence-corrected chi connectivity index (χ3v) is 3.96. The van der Waals surface area contributed by atoms with Crippen LogP contribution >= 0.6 is 0 Å². The average Bonchev–Trinajstić information content (AvgIpc) is 2.45. The second-order valence-electron chi connectivity index (χ2n) is 4.68. The van der Waals surface area contributed by atoms with Crippen LogP contribution in [0.4, 0.5) is 0 Å². The predicted octanol–water partition coefficient (Wildman–Crippen LogP) is 0.881. The van der Waals surface area contributed by atoms with E-state index in [1.807, 2.05) is 0 Å². The molecule has 0 amide bonds. The quantitative estimate of drug-likeness (QED) is 0.382. The Morgan fingerprint density at radius 1 is 1.09 bits per heavy atom. The lowest BCUT2D eigenvalue weighted by Gasteiger charge is -2.30. The molecule has 0 saturated heterocycles. The normalized spacial score (nSPS) is 15.3. The van der Waals surface area contributed by atoms with Gasteiger partial charge in [-0.25, -0.2) is 4.90 Å². The molecule has 0 bridgehead atoms. The summed E-state index contributed by atoms with van der Waals surface area (Å²) >= 11 is 0. The van der Waals surface area contributed by atoms with Crippen molar-refractivity contribution >= 4 is 10.1 Å². The first-order valence-electron chi connectivity index (χ1n) is 7.00. The molecule has 3 unspecified atom stereocenters. The van der Waals surface area contributed by atoms with E-state index in [0.29, 0.717) is 0 Å². The molecular formula is C15H25NO6S. The number of rotatable bonds is 7. The summed E-state index contributed by atoms with van der Waals surface area (Å²) in [4.78, 5) is 1.33. The van der Waals surface area contributed by atoms with Crippen molar-refractivity contribution in [2.75, 3.05) is 6.61 Å². The largest absolute Gasteiger partial charge is 0.379 e. The van der Waals surface area contributed by atoms with Gasteiger partial charge in [-0.2, -0.15) is 8.42 Å². The summed E-state index contributed by atoms with van der Waals surface area (Å²) in [5.74, 6) is 0. The van der Waals surface area contributed by atoms with E-state index in [2.05, 4.69) is 10.8 Å². The van der Waals surface area contributed by atoms with Gasteiger partial charge in [0, 0.05) is 0 Å². The first-order valence-corrected chi connectivity index (χ1v) is 8.41. The molecular weight excluding hydrogens is 322 g/mol. The summed E-state index contributed by atoms with van der Waals surface area (Å²) in [6.45, 7) is 7.82. The highest BCUT2D eigenvalue weighted by atomic mass is 32.2. The SMILES string of the molecule is C=CCOS(=O)(=O)c1ccccc1.CC(O)N(C(C)O)C(C)O. The highest BCUT2D eigenvalue weighted by Gasteiger charge is 2.20. The van der Waals surface area contributed by atoms with Gasteiger partial charge in [-0.1, -0.05) is 24.3 Å². The van der Waals surface area contributed by atoms with Gasteiger partial charge in [0.2, 0.25) is 0 Å². The summed E-state index contributed by atoms with van der Waals surface area (Å²) in [7, 11) is -3.59. The van der Waals surface area contributed by atoms with E-state index in [4.69, 9.17) is 15.3 Å². The molecule has 0 aromatic heterocycles. The summed E-state index contributed by atoms with van der Waals surface area (Å²) in [5, 5.41) is 26.9. The van der Waals surface area contributed by atoms with Crippen LogP contribution in [0, 0.1) is 0 Å². The fourth-order valence-electron chi connectivity index (χ4n) is 1.73. The molecule has 1 aromatic carbocycles. The van der Waals surface area contributed by atoms with Gasteiger partial charge in [0.25, 0.3) is 10.1 Å². The van der Waals surface area contributed by atoms with E-state index < -0.39 is 28.8 Å². The highest BCUT2D eigenvalue weighted by molar-refractivity contribution is 7.86. The summed E-state index contributed by atoms with van der Waals surface area (Å²) in [6.07, 6.45) is -1.11. The Labute approximate surface area is 137 Å². The maximum Gasteiger partial charge on any atom is 0.297 e. The van der Waals surface area contributed by atoms with E-state index in [9.17, 15) is 8.42 Å². The molecule has 0 saturated carbocycles. The lowest BCUT2D eigenvalue weighted by Crippen LogP contribution is -2.45. The Bertz CT molecular complexity index is 523. The van der Waals surface area contributed by atoms with Gasteiger partial charge in [0.1, 0.15) is 18.7 Å². The first-order chi connectivity index (χ1) is 10.6. The number of nitrogens with zero attached hydrogens (tertiary/aromatic N) is 1. The molecule has 0 radical (unpaired) electrons. The van der Waals surface area contributed by atoms with Crippen LogP contribution in [0.15, 0.2) is 47.9 Å². The predicted molar refractivity (Wildman–Crippen MR) is 86.7 cm³/mol. The van der Waals surface area contributed by atoms with Crippen LogP contribution in [0.5, 0.6) is 0 Å². The zero-order chi connectivity index (χ0) is 18.0. The van der Waals surface area contributed by atoms with Gasteiger partial charge < -0.3 is 15.3 Å². The van der Waals surface area contributed by atoms with E-state index in [-0.39, 0.29) is 11.5 Å². The van der Waals surface area contributed by atoms with Crippen molar-refractivity contribution in [3.05, 3.63) is 43.0 Å². The van der Waals surface area contributed by atoms with E-state index in [1.54, 1.807) is 18.2 Å². The molecule has 7 nitrogen and oxygen atoms in total. The Kier molecular flexibility index (Phi) is 9.89. The maximum absolute atomic E-state index is 11.3. The van der Waals surface area contributed by atoms with Crippen molar-refractivity contribution < 1.29 is 27.9 Å². The number of aliphatic hydroxyl groups is 3. The Morgan fingerprint density at radius 2 is 1.52 bits per heavy atom.